The molecule has 0 aromatic heterocycles. The molecule has 3 heteroatoms. The molecule has 0 amide bonds. The van der Waals surface area contributed by atoms with Gasteiger partial charge in [0.05, 0.1) is 6.04 Å². The quantitative estimate of drug-likeness (QED) is 0.748. The summed E-state index contributed by atoms with van der Waals surface area (Å²) in [5.41, 5.74) is 3.93. The summed E-state index contributed by atoms with van der Waals surface area (Å²) in [6, 6.07) is 15.4. The summed E-state index contributed by atoms with van der Waals surface area (Å²) in [6.45, 7) is 2.21. The fraction of sp³-hybridized carbons (Fsp3) is 0.333. The van der Waals surface area contributed by atoms with Gasteiger partial charge in [-0.2, -0.15) is 0 Å². The van der Waals surface area contributed by atoms with Gasteiger partial charge < -0.3 is 5.32 Å². The van der Waals surface area contributed by atoms with E-state index in [0.717, 1.165) is 23.6 Å². The zero-order valence-corrected chi connectivity index (χ0v) is 13.8. The topological polar surface area (TPSA) is 12.0 Å². The highest BCUT2D eigenvalue weighted by Gasteiger charge is 2.20. The molecule has 110 valence electrons. The Morgan fingerprint density at radius 1 is 1.19 bits per heavy atom. The predicted molar refractivity (Wildman–Crippen MR) is 93.6 cm³/mol. The molecule has 1 unspecified atom stereocenters. The molecular formula is C18H20ClNS. The lowest BCUT2D eigenvalue weighted by Crippen LogP contribution is -2.16. The highest BCUT2D eigenvalue weighted by atomic mass is 35.5. The van der Waals surface area contributed by atoms with E-state index in [-0.39, 0.29) is 0 Å². The Morgan fingerprint density at radius 3 is 2.76 bits per heavy atom. The number of nitrogens with one attached hydrogen (secondary N) is 1. The molecule has 1 heterocycles. The van der Waals surface area contributed by atoms with Crippen molar-refractivity contribution in [2.75, 3.05) is 11.1 Å². The molecule has 2 aromatic rings. The summed E-state index contributed by atoms with van der Waals surface area (Å²) in [6.07, 6.45) is 3.48. The largest absolute Gasteiger partial charge is 0.378 e. The molecule has 1 aliphatic heterocycles. The maximum Gasteiger partial charge on any atom is 0.0533 e. The molecular weight excluding hydrogens is 298 g/mol. The molecule has 21 heavy (non-hydrogen) atoms. The van der Waals surface area contributed by atoms with Gasteiger partial charge in [-0.3, -0.25) is 0 Å². The fourth-order valence-electron chi connectivity index (χ4n) is 2.77. The van der Waals surface area contributed by atoms with Gasteiger partial charge in [-0.15, -0.1) is 11.8 Å². The normalized spacial score (nSPS) is 17.3. The van der Waals surface area contributed by atoms with Crippen molar-refractivity contribution in [2.24, 2.45) is 0 Å². The molecule has 1 atom stereocenters. The van der Waals surface area contributed by atoms with E-state index in [1.54, 1.807) is 0 Å². The van der Waals surface area contributed by atoms with Gasteiger partial charge >= 0.3 is 0 Å². The maximum absolute atomic E-state index is 6.16. The van der Waals surface area contributed by atoms with Crippen molar-refractivity contribution in [1.82, 2.24) is 0 Å². The third-order valence-corrected chi connectivity index (χ3v) is 5.20. The van der Waals surface area contributed by atoms with E-state index in [9.17, 15) is 0 Å². The van der Waals surface area contributed by atoms with Gasteiger partial charge in [0.2, 0.25) is 0 Å². The van der Waals surface area contributed by atoms with Crippen molar-refractivity contribution in [2.45, 2.75) is 37.1 Å². The first kappa shape index (κ1) is 14.8. The van der Waals surface area contributed by atoms with Crippen molar-refractivity contribution in [3.8, 4) is 0 Å². The average molecular weight is 318 g/mol. The van der Waals surface area contributed by atoms with Gasteiger partial charge in [-0.1, -0.05) is 37.1 Å². The van der Waals surface area contributed by atoms with Crippen molar-refractivity contribution < 1.29 is 0 Å². The van der Waals surface area contributed by atoms with Crippen LogP contribution in [0.2, 0.25) is 5.02 Å². The molecule has 0 aliphatic carbocycles. The van der Waals surface area contributed by atoms with E-state index in [4.69, 9.17) is 11.6 Å². The molecule has 0 saturated carbocycles. The Balaban J connectivity index is 1.78. The highest BCUT2D eigenvalue weighted by molar-refractivity contribution is 7.99. The van der Waals surface area contributed by atoms with Crippen LogP contribution in [-0.4, -0.2) is 5.75 Å². The number of thioether (sulfide) groups is 1. The third kappa shape index (κ3) is 3.56. The molecule has 1 N–H and O–H groups in total. The van der Waals surface area contributed by atoms with Crippen LogP contribution in [0.15, 0.2) is 47.4 Å². The molecule has 0 bridgehead atoms. The number of aryl methyl sites for hydroxylation is 1. The standard InChI is InChI=1S/C18H20ClNS/c1-2-3-13-4-7-15(8-5-13)20-17-10-11-21-18-9-6-14(19)12-16(17)18/h4-9,12,17,20H,2-3,10-11H2,1H3. The number of halogens is 1. The van der Waals surface area contributed by atoms with Crippen LogP contribution in [0.4, 0.5) is 5.69 Å². The Labute approximate surface area is 136 Å². The van der Waals surface area contributed by atoms with Crippen LogP contribution in [0.1, 0.15) is 36.9 Å². The van der Waals surface area contributed by atoms with Gasteiger partial charge in [0, 0.05) is 21.4 Å². The first-order chi connectivity index (χ1) is 10.3. The maximum atomic E-state index is 6.16. The summed E-state index contributed by atoms with van der Waals surface area (Å²) < 4.78 is 0. The van der Waals surface area contributed by atoms with Crippen LogP contribution < -0.4 is 5.32 Å². The summed E-state index contributed by atoms with van der Waals surface area (Å²) in [5, 5.41) is 4.48. The third-order valence-electron chi connectivity index (χ3n) is 3.84. The summed E-state index contributed by atoms with van der Waals surface area (Å²) in [4.78, 5) is 1.35. The molecule has 0 radical (unpaired) electrons. The smallest absolute Gasteiger partial charge is 0.0533 e. The lowest BCUT2D eigenvalue weighted by atomic mass is 10.0. The van der Waals surface area contributed by atoms with Gasteiger partial charge in [0.25, 0.3) is 0 Å². The molecule has 0 saturated heterocycles. The Hall–Kier alpha value is -1.12. The molecule has 0 spiro atoms. The van der Waals surface area contributed by atoms with E-state index >= 15 is 0 Å². The Morgan fingerprint density at radius 2 is 2.00 bits per heavy atom. The van der Waals surface area contributed by atoms with Crippen molar-refractivity contribution in [1.29, 1.82) is 0 Å². The van der Waals surface area contributed by atoms with Gasteiger partial charge in [0.15, 0.2) is 0 Å². The Kier molecular flexibility index (Phi) is 4.77. The SMILES string of the molecule is CCCc1ccc(NC2CCSc3ccc(Cl)cc32)cc1. The number of fused-ring (bicyclic) bond motifs is 1. The molecule has 2 aromatic carbocycles. The minimum atomic E-state index is 0.358. The van der Waals surface area contributed by atoms with Gasteiger partial charge in [-0.25, -0.2) is 0 Å². The number of benzene rings is 2. The lowest BCUT2D eigenvalue weighted by molar-refractivity contribution is 0.728. The fourth-order valence-corrected chi connectivity index (χ4v) is 4.06. The lowest BCUT2D eigenvalue weighted by Gasteiger charge is -2.27. The first-order valence-electron chi connectivity index (χ1n) is 7.54. The second-order valence-electron chi connectivity index (χ2n) is 5.46. The van der Waals surface area contributed by atoms with E-state index in [1.807, 2.05) is 17.8 Å². The summed E-state index contributed by atoms with van der Waals surface area (Å²) in [5.74, 6) is 1.15. The average Bonchev–Trinajstić information content (AvgIpc) is 2.50. The van der Waals surface area contributed by atoms with Crippen molar-refractivity contribution >= 4 is 29.1 Å². The second-order valence-corrected chi connectivity index (χ2v) is 7.04. The van der Waals surface area contributed by atoms with Crippen LogP contribution in [0.5, 0.6) is 0 Å². The van der Waals surface area contributed by atoms with Crippen LogP contribution in [0, 0.1) is 0 Å². The number of hydrogen-bond acceptors (Lipinski definition) is 2. The van der Waals surface area contributed by atoms with Crippen LogP contribution in [0.3, 0.4) is 0 Å². The van der Waals surface area contributed by atoms with E-state index in [0.29, 0.717) is 6.04 Å². The highest BCUT2D eigenvalue weighted by Crippen LogP contribution is 2.39. The van der Waals surface area contributed by atoms with Crippen LogP contribution in [0.25, 0.3) is 0 Å². The minimum Gasteiger partial charge on any atom is -0.378 e. The zero-order chi connectivity index (χ0) is 14.7. The van der Waals surface area contributed by atoms with Crippen LogP contribution in [-0.2, 0) is 6.42 Å². The van der Waals surface area contributed by atoms with Gasteiger partial charge in [-0.05, 0) is 54.3 Å². The molecule has 1 nitrogen and oxygen atoms in total. The number of anilines is 1. The minimum absolute atomic E-state index is 0.358. The first-order valence-corrected chi connectivity index (χ1v) is 8.90. The van der Waals surface area contributed by atoms with Crippen LogP contribution >= 0.6 is 23.4 Å². The predicted octanol–water partition coefficient (Wildman–Crippen LogP) is 5.94. The zero-order valence-electron chi connectivity index (χ0n) is 12.2. The van der Waals surface area contributed by atoms with Crippen molar-refractivity contribution in [3.63, 3.8) is 0 Å². The van der Waals surface area contributed by atoms with E-state index in [1.165, 1.54) is 28.1 Å². The van der Waals surface area contributed by atoms with Gasteiger partial charge in [0.1, 0.15) is 0 Å². The molecule has 1 aliphatic rings. The van der Waals surface area contributed by atoms with Crippen molar-refractivity contribution in [3.05, 3.63) is 58.6 Å². The Bertz CT molecular complexity index is 609. The monoisotopic (exact) mass is 317 g/mol. The van der Waals surface area contributed by atoms with E-state index in [2.05, 4.69) is 48.6 Å². The molecule has 3 rings (SSSR count). The number of hydrogen-bond donors (Lipinski definition) is 1. The molecule has 0 fully saturated rings. The number of rotatable bonds is 4. The van der Waals surface area contributed by atoms with E-state index < -0.39 is 0 Å². The summed E-state index contributed by atoms with van der Waals surface area (Å²) >= 11 is 8.09. The summed E-state index contributed by atoms with van der Waals surface area (Å²) in [7, 11) is 0. The second kappa shape index (κ2) is 6.76.